The molecule has 6 heteroatoms. The summed E-state index contributed by atoms with van der Waals surface area (Å²) in [6, 6.07) is 5.04. The molecule has 1 N–H and O–H groups in total. The number of nitrogens with one attached hydrogen (secondary N) is 1. The first-order valence-electron chi connectivity index (χ1n) is 6.55. The number of benzene rings is 1. The summed E-state index contributed by atoms with van der Waals surface area (Å²) in [5.74, 6) is -0.387. The molecular weight excluding hydrogens is 311 g/mol. The fraction of sp³-hybridized carbons (Fsp3) is 0.333. The van der Waals surface area contributed by atoms with Crippen molar-refractivity contribution in [2.24, 2.45) is 0 Å². The molecule has 1 aliphatic heterocycles. The van der Waals surface area contributed by atoms with E-state index in [-0.39, 0.29) is 11.8 Å². The fourth-order valence-corrected chi connectivity index (χ4v) is 2.54. The number of carbonyl (C=O) groups excluding carboxylic acids is 2. The first-order valence-corrected chi connectivity index (χ1v) is 7.31. The molecule has 1 heterocycles. The summed E-state index contributed by atoms with van der Waals surface area (Å²) in [6.45, 7) is 4.38. The summed E-state index contributed by atoms with van der Waals surface area (Å²) in [5, 5.41) is 3.81. The maximum atomic E-state index is 12.3. The lowest BCUT2D eigenvalue weighted by atomic mass is 9.98. The molecule has 2 amide bonds. The summed E-state index contributed by atoms with van der Waals surface area (Å²) in [5.41, 5.74) is -0.200. The highest BCUT2D eigenvalue weighted by molar-refractivity contribution is 6.34. The minimum Gasteiger partial charge on any atom is -0.352 e. The van der Waals surface area contributed by atoms with Crippen LogP contribution < -0.4 is 5.32 Å². The number of hydrogen-bond acceptors (Lipinski definition) is 2. The molecule has 0 unspecified atom stereocenters. The van der Waals surface area contributed by atoms with Gasteiger partial charge in [-0.3, -0.25) is 9.59 Å². The molecule has 1 saturated heterocycles. The second kappa shape index (κ2) is 6.08. The smallest absolute Gasteiger partial charge is 0.247 e. The van der Waals surface area contributed by atoms with Crippen molar-refractivity contribution in [3.63, 3.8) is 0 Å². The second-order valence-electron chi connectivity index (χ2n) is 5.30. The van der Waals surface area contributed by atoms with Crippen molar-refractivity contribution in [1.29, 1.82) is 0 Å². The Morgan fingerprint density at radius 2 is 2.10 bits per heavy atom. The molecule has 0 saturated carbocycles. The van der Waals surface area contributed by atoms with E-state index in [0.717, 1.165) is 0 Å². The lowest BCUT2D eigenvalue weighted by Gasteiger charge is -2.40. The molecule has 0 radical (unpaired) electrons. The van der Waals surface area contributed by atoms with Crippen molar-refractivity contribution in [3.05, 3.63) is 39.9 Å². The Morgan fingerprint density at radius 1 is 1.38 bits per heavy atom. The van der Waals surface area contributed by atoms with Crippen LogP contribution in [0.25, 0.3) is 6.08 Å². The van der Waals surface area contributed by atoms with E-state index in [1.807, 2.05) is 0 Å². The minimum absolute atomic E-state index is 0.156. The number of hydrogen-bond donors (Lipinski definition) is 1. The maximum absolute atomic E-state index is 12.3. The van der Waals surface area contributed by atoms with Crippen LogP contribution in [0.1, 0.15) is 19.4 Å². The van der Waals surface area contributed by atoms with Crippen LogP contribution in [0, 0.1) is 0 Å². The zero-order valence-electron chi connectivity index (χ0n) is 11.8. The van der Waals surface area contributed by atoms with Gasteiger partial charge in [-0.05, 0) is 43.7 Å². The predicted molar refractivity (Wildman–Crippen MR) is 84.3 cm³/mol. The summed E-state index contributed by atoms with van der Waals surface area (Å²) >= 11 is 12.0. The highest BCUT2D eigenvalue weighted by atomic mass is 35.5. The average Bonchev–Trinajstić information content (AvgIpc) is 2.42. The van der Waals surface area contributed by atoms with Crippen LogP contribution in [0.15, 0.2) is 24.3 Å². The van der Waals surface area contributed by atoms with Crippen molar-refractivity contribution >= 4 is 41.1 Å². The normalized spacial score (nSPS) is 17.9. The van der Waals surface area contributed by atoms with Crippen LogP contribution in [0.2, 0.25) is 10.0 Å². The third kappa shape index (κ3) is 3.39. The molecule has 21 heavy (non-hydrogen) atoms. The van der Waals surface area contributed by atoms with Gasteiger partial charge in [0, 0.05) is 29.2 Å². The van der Waals surface area contributed by atoms with E-state index in [4.69, 9.17) is 23.2 Å². The summed E-state index contributed by atoms with van der Waals surface area (Å²) in [6.07, 6.45) is 3.02. The summed E-state index contributed by atoms with van der Waals surface area (Å²) in [4.78, 5) is 25.7. The molecule has 4 nitrogen and oxygen atoms in total. The third-order valence-corrected chi connectivity index (χ3v) is 4.06. The van der Waals surface area contributed by atoms with Gasteiger partial charge < -0.3 is 10.2 Å². The van der Waals surface area contributed by atoms with Gasteiger partial charge in [-0.2, -0.15) is 0 Å². The quantitative estimate of drug-likeness (QED) is 0.849. The molecule has 0 spiro atoms. The topological polar surface area (TPSA) is 49.4 Å². The summed E-state index contributed by atoms with van der Waals surface area (Å²) < 4.78 is 0. The van der Waals surface area contributed by atoms with E-state index in [0.29, 0.717) is 28.7 Å². The van der Waals surface area contributed by atoms with E-state index in [1.165, 1.54) is 6.08 Å². The van der Waals surface area contributed by atoms with E-state index in [1.54, 1.807) is 43.0 Å². The summed E-state index contributed by atoms with van der Waals surface area (Å²) in [7, 11) is 0. The molecule has 0 atom stereocenters. The van der Waals surface area contributed by atoms with E-state index in [2.05, 4.69) is 5.32 Å². The van der Waals surface area contributed by atoms with Gasteiger partial charge in [0.25, 0.3) is 0 Å². The van der Waals surface area contributed by atoms with Crippen molar-refractivity contribution in [3.8, 4) is 0 Å². The van der Waals surface area contributed by atoms with Crippen molar-refractivity contribution in [1.82, 2.24) is 10.2 Å². The Hall–Kier alpha value is -1.52. The van der Waals surface area contributed by atoms with Crippen molar-refractivity contribution < 1.29 is 9.59 Å². The lowest BCUT2D eigenvalue weighted by molar-refractivity contribution is -0.146. The van der Waals surface area contributed by atoms with E-state index < -0.39 is 5.54 Å². The zero-order valence-corrected chi connectivity index (χ0v) is 13.3. The first-order chi connectivity index (χ1) is 9.82. The molecule has 112 valence electrons. The minimum atomic E-state index is -0.863. The largest absolute Gasteiger partial charge is 0.352 e. The van der Waals surface area contributed by atoms with Crippen LogP contribution in [0.3, 0.4) is 0 Å². The first kappa shape index (κ1) is 15.9. The van der Waals surface area contributed by atoms with Gasteiger partial charge in [-0.1, -0.05) is 23.2 Å². The van der Waals surface area contributed by atoms with Gasteiger partial charge in [0.2, 0.25) is 11.8 Å². The fourth-order valence-electron chi connectivity index (χ4n) is 2.18. The molecule has 0 aromatic heterocycles. The number of piperazine rings is 1. The van der Waals surface area contributed by atoms with Crippen LogP contribution in [-0.4, -0.2) is 35.3 Å². The second-order valence-corrected chi connectivity index (χ2v) is 6.15. The number of halogens is 2. The van der Waals surface area contributed by atoms with Gasteiger partial charge in [-0.25, -0.2) is 0 Å². The van der Waals surface area contributed by atoms with Gasteiger partial charge in [0.15, 0.2) is 0 Å². The van der Waals surface area contributed by atoms with Crippen LogP contribution in [-0.2, 0) is 9.59 Å². The number of amides is 2. The molecule has 1 aromatic rings. The third-order valence-electron chi connectivity index (χ3n) is 3.48. The SMILES string of the molecule is CC1(C)C(=O)NCCN1C(=O)C=Cc1cc(Cl)ccc1Cl. The number of rotatable bonds is 2. The maximum Gasteiger partial charge on any atom is 0.247 e. The van der Waals surface area contributed by atoms with Crippen LogP contribution in [0.5, 0.6) is 0 Å². The number of carbonyl (C=O) groups is 2. The Bertz CT molecular complexity index is 612. The molecule has 2 rings (SSSR count). The van der Waals surface area contributed by atoms with Gasteiger partial charge in [0.05, 0.1) is 0 Å². The highest BCUT2D eigenvalue weighted by Crippen LogP contribution is 2.23. The number of nitrogens with zero attached hydrogens (tertiary/aromatic N) is 1. The highest BCUT2D eigenvalue weighted by Gasteiger charge is 2.39. The molecule has 1 aromatic carbocycles. The Kier molecular flexibility index (Phi) is 4.59. The Labute approximate surface area is 133 Å². The molecule has 1 aliphatic rings. The average molecular weight is 327 g/mol. The molecule has 0 bridgehead atoms. The molecule has 0 aliphatic carbocycles. The van der Waals surface area contributed by atoms with Gasteiger partial charge in [-0.15, -0.1) is 0 Å². The molecular formula is C15H16Cl2N2O2. The van der Waals surface area contributed by atoms with Gasteiger partial charge in [0.1, 0.15) is 5.54 Å². The van der Waals surface area contributed by atoms with Crippen molar-refractivity contribution in [2.45, 2.75) is 19.4 Å². The van der Waals surface area contributed by atoms with Crippen LogP contribution >= 0.6 is 23.2 Å². The monoisotopic (exact) mass is 326 g/mol. The Balaban J connectivity index is 2.19. The predicted octanol–water partition coefficient (Wildman–Crippen LogP) is 2.74. The van der Waals surface area contributed by atoms with Crippen LogP contribution in [0.4, 0.5) is 0 Å². The lowest BCUT2D eigenvalue weighted by Crippen LogP contribution is -2.63. The molecule has 1 fully saturated rings. The Morgan fingerprint density at radius 3 is 2.81 bits per heavy atom. The van der Waals surface area contributed by atoms with Gasteiger partial charge >= 0.3 is 0 Å². The standard InChI is InChI=1S/C15H16Cl2N2O2/c1-15(2)14(21)18-7-8-19(15)13(20)6-3-10-9-11(16)4-5-12(10)17/h3-6,9H,7-8H2,1-2H3,(H,18,21). The zero-order chi connectivity index (χ0) is 15.6. The van der Waals surface area contributed by atoms with E-state index >= 15 is 0 Å². The van der Waals surface area contributed by atoms with E-state index in [9.17, 15) is 9.59 Å². The van der Waals surface area contributed by atoms with Crippen molar-refractivity contribution in [2.75, 3.05) is 13.1 Å².